The minimum atomic E-state index is -0.852. The maximum Gasteiger partial charge on any atom is 0.504 e. The average Bonchev–Trinajstić information content (AvgIpc) is 3.37. The van der Waals surface area contributed by atoms with E-state index in [4.69, 9.17) is 4.65 Å². The minimum Gasteiger partial charge on any atom is -0.538 e. The molecule has 1 aromatic heterocycles. The van der Waals surface area contributed by atoms with Gasteiger partial charge in [-0.15, -0.1) is 5.10 Å². The highest BCUT2D eigenvalue weighted by molar-refractivity contribution is 6.17. The van der Waals surface area contributed by atoms with Crippen LogP contribution in [0.2, 0.25) is 0 Å². The van der Waals surface area contributed by atoms with Gasteiger partial charge in [0.25, 0.3) is 0 Å². The van der Waals surface area contributed by atoms with Crippen LogP contribution in [0.5, 0.6) is 5.75 Å². The number of tetrazole rings is 1. The monoisotopic (exact) mass is 432 g/mol. The molecule has 0 saturated carbocycles. The van der Waals surface area contributed by atoms with Crippen LogP contribution >= 0.6 is 0 Å². The average molecular weight is 432 g/mol. The SMILES string of the molecule is OBOc1ccccc1-c1nnnn1C(c1ccccc1)(c1ccccc1)c1ccccc1. The molecule has 1 N–H and O–H groups in total. The summed E-state index contributed by atoms with van der Waals surface area (Å²) in [6.45, 7) is 0. The third-order valence-corrected chi connectivity index (χ3v) is 5.71. The van der Waals surface area contributed by atoms with Gasteiger partial charge in [0.05, 0.1) is 5.56 Å². The van der Waals surface area contributed by atoms with E-state index in [-0.39, 0.29) is 0 Å². The number of rotatable bonds is 7. The number of nitrogens with zero attached hydrogens (tertiary/aromatic N) is 4. The van der Waals surface area contributed by atoms with E-state index in [0.717, 1.165) is 16.7 Å². The van der Waals surface area contributed by atoms with Gasteiger partial charge >= 0.3 is 7.69 Å². The van der Waals surface area contributed by atoms with Gasteiger partial charge < -0.3 is 9.68 Å². The van der Waals surface area contributed by atoms with Gasteiger partial charge in [0, 0.05) is 0 Å². The van der Waals surface area contributed by atoms with Crippen LogP contribution in [0.15, 0.2) is 115 Å². The lowest BCUT2D eigenvalue weighted by molar-refractivity contribution is 0.445. The van der Waals surface area contributed by atoms with Gasteiger partial charge in [0.1, 0.15) is 11.3 Å². The normalized spacial score (nSPS) is 11.2. The number of hydrogen-bond donors (Lipinski definition) is 1. The summed E-state index contributed by atoms with van der Waals surface area (Å²) in [7, 11) is -0.445. The molecule has 0 unspecified atom stereocenters. The van der Waals surface area contributed by atoms with Crippen molar-refractivity contribution in [2.75, 3.05) is 0 Å². The van der Waals surface area contributed by atoms with Crippen LogP contribution in [0.1, 0.15) is 16.7 Å². The van der Waals surface area contributed by atoms with Crippen molar-refractivity contribution in [3.63, 3.8) is 0 Å². The minimum absolute atomic E-state index is 0.445. The van der Waals surface area contributed by atoms with Crippen LogP contribution in [0.4, 0.5) is 0 Å². The molecule has 7 heteroatoms. The summed E-state index contributed by atoms with van der Waals surface area (Å²) in [5.74, 6) is 1.02. The number of benzene rings is 4. The Hall–Kier alpha value is -4.23. The second-order valence-corrected chi connectivity index (χ2v) is 7.49. The fraction of sp³-hybridized carbons (Fsp3) is 0.0385. The predicted molar refractivity (Wildman–Crippen MR) is 128 cm³/mol. The Morgan fingerprint density at radius 1 is 0.667 bits per heavy atom. The fourth-order valence-corrected chi connectivity index (χ4v) is 4.33. The topological polar surface area (TPSA) is 73.1 Å². The zero-order chi connectivity index (χ0) is 22.5. The van der Waals surface area contributed by atoms with Crippen molar-refractivity contribution in [1.82, 2.24) is 20.2 Å². The molecule has 0 aliphatic heterocycles. The molecule has 6 nitrogen and oxygen atoms in total. The van der Waals surface area contributed by atoms with Crippen LogP contribution in [-0.4, -0.2) is 32.9 Å². The Morgan fingerprint density at radius 3 is 1.67 bits per heavy atom. The first-order valence-electron chi connectivity index (χ1n) is 10.6. The molecular weight excluding hydrogens is 411 g/mol. The molecule has 0 spiro atoms. The molecule has 33 heavy (non-hydrogen) atoms. The highest BCUT2D eigenvalue weighted by Crippen LogP contribution is 2.43. The lowest BCUT2D eigenvalue weighted by Crippen LogP contribution is -2.39. The van der Waals surface area contributed by atoms with Crippen LogP contribution in [-0.2, 0) is 5.54 Å². The summed E-state index contributed by atoms with van der Waals surface area (Å²) in [6.07, 6.45) is 0. The first-order chi connectivity index (χ1) is 16.4. The quantitative estimate of drug-likeness (QED) is 0.313. The molecule has 1 heterocycles. The van der Waals surface area contributed by atoms with Gasteiger partial charge in [-0.2, -0.15) is 0 Å². The summed E-state index contributed by atoms with van der Waals surface area (Å²) in [6, 6.07) is 38.0. The zero-order valence-corrected chi connectivity index (χ0v) is 17.8. The second kappa shape index (κ2) is 9.10. The van der Waals surface area contributed by atoms with Crippen molar-refractivity contribution in [2.24, 2.45) is 0 Å². The standard InChI is InChI=1S/C26H21BN4O2/c32-27-33-24-19-11-10-18-23(24)25-28-29-30-31(25)26(20-12-4-1-5-13-20,21-14-6-2-7-15-21)22-16-8-3-9-17-22/h1-19,27,32H. The lowest BCUT2D eigenvalue weighted by Gasteiger charge is -2.36. The second-order valence-electron chi connectivity index (χ2n) is 7.49. The molecule has 0 amide bonds. The van der Waals surface area contributed by atoms with E-state index in [1.807, 2.05) is 77.5 Å². The van der Waals surface area contributed by atoms with Gasteiger partial charge in [-0.1, -0.05) is 103 Å². The van der Waals surface area contributed by atoms with Crippen LogP contribution in [0.25, 0.3) is 11.4 Å². The molecule has 0 aliphatic carbocycles. The number of hydrogen-bond acceptors (Lipinski definition) is 5. The smallest absolute Gasteiger partial charge is 0.504 e. The van der Waals surface area contributed by atoms with Crippen molar-refractivity contribution in [3.05, 3.63) is 132 Å². The Balaban J connectivity index is 1.88. The summed E-state index contributed by atoms with van der Waals surface area (Å²) < 4.78 is 7.33. The van der Waals surface area contributed by atoms with Crippen LogP contribution in [0.3, 0.4) is 0 Å². The van der Waals surface area contributed by atoms with Gasteiger partial charge in [0.15, 0.2) is 5.82 Å². The third kappa shape index (κ3) is 3.58. The van der Waals surface area contributed by atoms with Gasteiger partial charge in [-0.3, -0.25) is 0 Å². The van der Waals surface area contributed by atoms with E-state index in [1.54, 1.807) is 6.07 Å². The van der Waals surface area contributed by atoms with Crippen molar-refractivity contribution < 1.29 is 9.68 Å². The number of para-hydroxylation sites is 1. The van der Waals surface area contributed by atoms with Crippen molar-refractivity contribution >= 4 is 7.69 Å². The molecule has 0 saturated heterocycles. The van der Waals surface area contributed by atoms with Gasteiger partial charge in [-0.05, 0) is 39.2 Å². The summed E-state index contributed by atoms with van der Waals surface area (Å²) in [5.41, 5.74) is 2.86. The van der Waals surface area contributed by atoms with Gasteiger partial charge in [-0.25, -0.2) is 4.68 Å². The molecule has 160 valence electrons. The summed E-state index contributed by atoms with van der Waals surface area (Å²) >= 11 is 0. The molecule has 0 atom stereocenters. The van der Waals surface area contributed by atoms with E-state index in [2.05, 4.69) is 51.9 Å². The molecule has 0 radical (unpaired) electrons. The Bertz CT molecular complexity index is 1230. The Kier molecular flexibility index (Phi) is 5.70. The molecule has 0 bridgehead atoms. The largest absolute Gasteiger partial charge is 0.538 e. The van der Waals surface area contributed by atoms with E-state index in [1.165, 1.54) is 0 Å². The first kappa shape index (κ1) is 20.7. The molecule has 4 aromatic carbocycles. The molecule has 0 aliphatic rings. The van der Waals surface area contributed by atoms with Gasteiger partial charge in [0.2, 0.25) is 0 Å². The van der Waals surface area contributed by atoms with E-state index in [9.17, 15) is 5.02 Å². The van der Waals surface area contributed by atoms with Crippen LogP contribution < -0.4 is 4.65 Å². The summed E-state index contributed by atoms with van der Waals surface area (Å²) in [4.78, 5) is 0. The Labute approximate surface area is 192 Å². The molecule has 5 rings (SSSR count). The van der Waals surface area contributed by atoms with Crippen molar-refractivity contribution in [2.45, 2.75) is 5.54 Å². The Morgan fingerprint density at radius 2 is 1.15 bits per heavy atom. The summed E-state index contributed by atoms with van der Waals surface area (Å²) in [5, 5.41) is 22.5. The van der Waals surface area contributed by atoms with E-state index >= 15 is 0 Å². The van der Waals surface area contributed by atoms with Crippen molar-refractivity contribution in [3.8, 4) is 17.1 Å². The maximum atomic E-state index is 9.42. The molecular formula is C26H21BN4O2. The van der Waals surface area contributed by atoms with E-state index < -0.39 is 13.2 Å². The number of aromatic nitrogens is 4. The van der Waals surface area contributed by atoms with Crippen LogP contribution in [0, 0.1) is 0 Å². The third-order valence-electron chi connectivity index (χ3n) is 5.71. The highest BCUT2D eigenvalue weighted by atomic mass is 16.5. The van der Waals surface area contributed by atoms with Crippen molar-refractivity contribution in [1.29, 1.82) is 0 Å². The molecule has 0 fully saturated rings. The molecule has 5 aromatic rings. The maximum absolute atomic E-state index is 9.42. The fourth-order valence-electron chi connectivity index (χ4n) is 4.33. The lowest BCUT2D eigenvalue weighted by atomic mass is 9.77. The highest BCUT2D eigenvalue weighted by Gasteiger charge is 2.42. The van der Waals surface area contributed by atoms with E-state index in [0.29, 0.717) is 17.1 Å². The predicted octanol–water partition coefficient (Wildman–Crippen LogP) is 3.82. The zero-order valence-electron chi connectivity index (χ0n) is 17.8. The first-order valence-corrected chi connectivity index (χ1v) is 10.6.